The summed E-state index contributed by atoms with van der Waals surface area (Å²) in [6.07, 6.45) is 0.209. The lowest BCUT2D eigenvalue weighted by Gasteiger charge is -2.21. The van der Waals surface area contributed by atoms with Crippen molar-refractivity contribution in [1.82, 2.24) is 0 Å². The van der Waals surface area contributed by atoms with Gasteiger partial charge in [0.05, 0.1) is 0 Å². The fourth-order valence-electron chi connectivity index (χ4n) is 2.07. The molecule has 2 rings (SSSR count). The Kier molecular flexibility index (Phi) is 5.55. The Morgan fingerprint density at radius 2 is 1.82 bits per heavy atom. The third-order valence-corrected chi connectivity index (χ3v) is 3.36. The molecule has 0 radical (unpaired) electrons. The van der Waals surface area contributed by atoms with Crippen LogP contribution in [0.25, 0.3) is 0 Å². The topological polar surface area (TPSA) is 49.4 Å². The second-order valence-electron chi connectivity index (χ2n) is 4.81. The predicted octanol–water partition coefficient (Wildman–Crippen LogP) is 3.72. The molecule has 1 N–H and O–H groups in total. The largest absolute Gasteiger partial charge is 0.326 e. The minimum atomic E-state index is -0.139. The summed E-state index contributed by atoms with van der Waals surface area (Å²) in [7, 11) is 0. The first-order valence-electron chi connectivity index (χ1n) is 6.95. The monoisotopic (exact) mass is 316 g/mol. The first kappa shape index (κ1) is 16.0. The van der Waals surface area contributed by atoms with Gasteiger partial charge >= 0.3 is 0 Å². The molecule has 2 amide bonds. The van der Waals surface area contributed by atoms with Crippen LogP contribution in [0.15, 0.2) is 54.6 Å². The second-order valence-corrected chi connectivity index (χ2v) is 5.25. The minimum absolute atomic E-state index is 0.130. The van der Waals surface area contributed by atoms with Gasteiger partial charge in [-0.15, -0.1) is 0 Å². The summed E-state index contributed by atoms with van der Waals surface area (Å²) < 4.78 is 0. The van der Waals surface area contributed by atoms with Crippen molar-refractivity contribution in [3.8, 4) is 0 Å². The Labute approximate surface area is 134 Å². The van der Waals surface area contributed by atoms with Crippen molar-refractivity contribution in [3.05, 3.63) is 59.6 Å². The van der Waals surface area contributed by atoms with Crippen LogP contribution in [0, 0.1) is 0 Å². The number of hydrogen-bond donors (Lipinski definition) is 1. The van der Waals surface area contributed by atoms with E-state index in [2.05, 4.69) is 5.32 Å². The third-order valence-electron chi connectivity index (χ3n) is 3.12. The molecule has 0 saturated heterocycles. The van der Waals surface area contributed by atoms with E-state index in [-0.39, 0.29) is 18.2 Å². The van der Waals surface area contributed by atoms with Gasteiger partial charge in [-0.1, -0.05) is 35.9 Å². The van der Waals surface area contributed by atoms with Crippen molar-refractivity contribution in [2.75, 3.05) is 16.8 Å². The van der Waals surface area contributed by atoms with Gasteiger partial charge in [-0.2, -0.15) is 0 Å². The second kappa shape index (κ2) is 7.61. The van der Waals surface area contributed by atoms with Crippen molar-refractivity contribution in [3.63, 3.8) is 0 Å². The summed E-state index contributed by atoms with van der Waals surface area (Å²) in [4.78, 5) is 25.3. The normalized spacial score (nSPS) is 10.1. The van der Waals surface area contributed by atoms with Crippen LogP contribution in [0.4, 0.5) is 11.4 Å². The number of amides is 2. The van der Waals surface area contributed by atoms with E-state index < -0.39 is 0 Å². The maximum atomic E-state index is 12.0. The predicted molar refractivity (Wildman–Crippen MR) is 89.2 cm³/mol. The number of rotatable bonds is 5. The van der Waals surface area contributed by atoms with E-state index >= 15 is 0 Å². The van der Waals surface area contributed by atoms with Crippen LogP contribution in [0.1, 0.15) is 13.3 Å². The minimum Gasteiger partial charge on any atom is -0.326 e. The average Bonchev–Trinajstić information content (AvgIpc) is 2.48. The van der Waals surface area contributed by atoms with Crippen LogP contribution in [-0.4, -0.2) is 18.4 Å². The highest BCUT2D eigenvalue weighted by Crippen LogP contribution is 2.20. The molecule has 22 heavy (non-hydrogen) atoms. The number of carbonyl (C=O) groups excluding carboxylic acids is 2. The number of benzene rings is 2. The Hall–Kier alpha value is -2.33. The van der Waals surface area contributed by atoms with Crippen LogP contribution >= 0.6 is 11.6 Å². The number of carbonyl (C=O) groups is 2. The van der Waals surface area contributed by atoms with E-state index in [1.807, 2.05) is 30.3 Å². The zero-order chi connectivity index (χ0) is 15.9. The number of nitrogens with one attached hydrogen (secondary N) is 1. The molecule has 5 heteroatoms. The van der Waals surface area contributed by atoms with Gasteiger partial charge < -0.3 is 10.2 Å². The Bertz CT molecular complexity index is 659. The fourth-order valence-corrected chi connectivity index (χ4v) is 2.26. The lowest BCUT2D eigenvalue weighted by atomic mass is 10.2. The molecule has 0 aliphatic rings. The Balaban J connectivity index is 1.97. The molecule has 0 aliphatic heterocycles. The Morgan fingerprint density at radius 3 is 2.45 bits per heavy atom. The molecule has 0 saturated carbocycles. The van der Waals surface area contributed by atoms with Crippen LogP contribution in [0.2, 0.25) is 5.02 Å². The maximum Gasteiger partial charge on any atom is 0.226 e. The van der Waals surface area contributed by atoms with Crippen LogP contribution in [0.3, 0.4) is 0 Å². The summed E-state index contributed by atoms with van der Waals surface area (Å²) in [6.45, 7) is 1.77. The van der Waals surface area contributed by atoms with Crippen molar-refractivity contribution in [2.24, 2.45) is 0 Å². The summed E-state index contributed by atoms with van der Waals surface area (Å²) in [5, 5.41) is 3.35. The smallest absolute Gasteiger partial charge is 0.226 e. The molecule has 0 aromatic heterocycles. The molecule has 0 bridgehead atoms. The zero-order valence-electron chi connectivity index (χ0n) is 12.3. The molecule has 2 aromatic carbocycles. The van der Waals surface area contributed by atoms with Crippen LogP contribution in [0.5, 0.6) is 0 Å². The third kappa shape index (κ3) is 4.60. The number of nitrogens with zero attached hydrogens (tertiary/aromatic N) is 1. The van der Waals surface area contributed by atoms with Gasteiger partial charge in [0, 0.05) is 36.3 Å². The maximum absolute atomic E-state index is 12.0. The van der Waals surface area contributed by atoms with Crippen LogP contribution < -0.4 is 10.2 Å². The number of hydrogen-bond acceptors (Lipinski definition) is 2. The molecule has 2 aromatic rings. The van der Waals surface area contributed by atoms with Gasteiger partial charge in [0.2, 0.25) is 11.8 Å². The first-order chi connectivity index (χ1) is 10.6. The molecule has 0 heterocycles. The van der Waals surface area contributed by atoms with E-state index in [0.717, 1.165) is 5.69 Å². The fraction of sp³-hybridized carbons (Fsp3) is 0.176. The molecule has 114 valence electrons. The lowest BCUT2D eigenvalue weighted by molar-refractivity contribution is -0.117. The molecular weight excluding hydrogens is 300 g/mol. The Morgan fingerprint density at radius 1 is 1.09 bits per heavy atom. The molecule has 0 aliphatic carbocycles. The highest BCUT2D eigenvalue weighted by atomic mass is 35.5. The van der Waals surface area contributed by atoms with Gasteiger partial charge in [-0.3, -0.25) is 9.59 Å². The molecular formula is C17H17ClN2O2. The van der Waals surface area contributed by atoms with Crippen molar-refractivity contribution >= 4 is 34.8 Å². The standard InChI is InChI=1S/C17H17ClN2O2/c1-13(21)20(16-9-5-6-14(18)12-16)11-10-17(22)19-15-7-3-2-4-8-15/h2-9,12H,10-11H2,1H3,(H,19,22). The number of para-hydroxylation sites is 1. The quantitative estimate of drug-likeness (QED) is 0.914. The zero-order valence-corrected chi connectivity index (χ0v) is 13.0. The van der Waals surface area contributed by atoms with E-state index in [1.165, 1.54) is 11.8 Å². The highest BCUT2D eigenvalue weighted by Gasteiger charge is 2.13. The van der Waals surface area contributed by atoms with Gasteiger partial charge in [0.25, 0.3) is 0 Å². The van der Waals surface area contributed by atoms with Gasteiger partial charge in [-0.25, -0.2) is 0 Å². The van der Waals surface area contributed by atoms with E-state index in [4.69, 9.17) is 11.6 Å². The first-order valence-corrected chi connectivity index (χ1v) is 7.32. The molecule has 0 unspecified atom stereocenters. The number of halogens is 1. The van der Waals surface area contributed by atoms with E-state index in [0.29, 0.717) is 17.3 Å². The average molecular weight is 317 g/mol. The van der Waals surface area contributed by atoms with E-state index in [9.17, 15) is 9.59 Å². The summed E-state index contributed by atoms with van der Waals surface area (Å²) in [6, 6.07) is 16.2. The summed E-state index contributed by atoms with van der Waals surface area (Å²) in [5.74, 6) is -0.269. The van der Waals surface area contributed by atoms with Crippen LogP contribution in [-0.2, 0) is 9.59 Å². The SMILES string of the molecule is CC(=O)N(CCC(=O)Nc1ccccc1)c1cccc(Cl)c1. The van der Waals surface area contributed by atoms with Gasteiger partial charge in [0.1, 0.15) is 0 Å². The number of anilines is 2. The van der Waals surface area contributed by atoms with Crippen molar-refractivity contribution in [2.45, 2.75) is 13.3 Å². The molecule has 4 nitrogen and oxygen atoms in total. The van der Waals surface area contributed by atoms with E-state index in [1.54, 1.807) is 24.3 Å². The highest BCUT2D eigenvalue weighted by molar-refractivity contribution is 6.30. The summed E-state index contributed by atoms with van der Waals surface area (Å²) in [5.41, 5.74) is 1.43. The molecule has 0 atom stereocenters. The molecule has 0 fully saturated rings. The lowest BCUT2D eigenvalue weighted by Crippen LogP contribution is -2.31. The van der Waals surface area contributed by atoms with Crippen molar-refractivity contribution < 1.29 is 9.59 Å². The van der Waals surface area contributed by atoms with Gasteiger partial charge in [0.15, 0.2) is 0 Å². The van der Waals surface area contributed by atoms with Gasteiger partial charge in [-0.05, 0) is 30.3 Å². The van der Waals surface area contributed by atoms with Crippen molar-refractivity contribution in [1.29, 1.82) is 0 Å². The summed E-state index contributed by atoms with van der Waals surface area (Å²) >= 11 is 5.95. The molecule has 0 spiro atoms.